The van der Waals surface area contributed by atoms with E-state index in [1.54, 1.807) is 13.0 Å². The van der Waals surface area contributed by atoms with Crippen LogP contribution in [0.5, 0.6) is 0 Å². The van der Waals surface area contributed by atoms with E-state index < -0.39 is 10.0 Å². The lowest BCUT2D eigenvalue weighted by molar-refractivity contribution is 0.585. The molecule has 0 fully saturated rings. The third kappa shape index (κ3) is 2.57. The minimum atomic E-state index is -3.66. The van der Waals surface area contributed by atoms with Gasteiger partial charge in [0.05, 0.1) is 29.1 Å². The summed E-state index contributed by atoms with van der Waals surface area (Å²) in [6.07, 6.45) is 0. The molecule has 0 radical (unpaired) electrons. The molecule has 1 rings (SSSR count). The Morgan fingerprint density at radius 2 is 2.06 bits per heavy atom. The summed E-state index contributed by atoms with van der Waals surface area (Å²) in [7, 11) is -3.66. The maximum atomic E-state index is 11.7. The fourth-order valence-corrected chi connectivity index (χ4v) is 2.37. The summed E-state index contributed by atoms with van der Waals surface area (Å²) in [6, 6.07) is 7.88. The van der Waals surface area contributed by atoms with E-state index in [1.165, 1.54) is 18.2 Å². The standard InChI is InChI=1S/C10H9N3O2S/c1-8-6-9(7-12)2-3-10(8)16(14,15)13-5-4-11/h2-3,6,13H,5H2,1H3. The van der Waals surface area contributed by atoms with Crippen molar-refractivity contribution < 1.29 is 8.42 Å². The minimum absolute atomic E-state index is 0.0850. The summed E-state index contributed by atoms with van der Waals surface area (Å²) in [6.45, 7) is 1.32. The highest BCUT2D eigenvalue weighted by Crippen LogP contribution is 2.15. The van der Waals surface area contributed by atoms with Crippen LogP contribution in [0.25, 0.3) is 0 Å². The normalized spacial score (nSPS) is 10.4. The molecule has 0 aliphatic heterocycles. The predicted molar refractivity (Wildman–Crippen MR) is 56.7 cm³/mol. The topological polar surface area (TPSA) is 93.8 Å². The summed E-state index contributed by atoms with van der Waals surface area (Å²) in [5, 5.41) is 16.9. The molecule has 5 nitrogen and oxygen atoms in total. The number of benzene rings is 1. The van der Waals surface area contributed by atoms with Crippen molar-refractivity contribution >= 4 is 10.0 Å². The molecule has 1 N–H and O–H groups in total. The molecule has 0 heterocycles. The Kier molecular flexibility index (Phi) is 3.62. The molecule has 0 aliphatic carbocycles. The van der Waals surface area contributed by atoms with Gasteiger partial charge in [0.25, 0.3) is 0 Å². The van der Waals surface area contributed by atoms with Crippen LogP contribution in [-0.2, 0) is 10.0 Å². The number of rotatable bonds is 3. The number of nitrogens with zero attached hydrogens (tertiary/aromatic N) is 2. The molecule has 0 spiro atoms. The third-order valence-electron chi connectivity index (χ3n) is 1.93. The average molecular weight is 235 g/mol. The highest BCUT2D eigenvalue weighted by Gasteiger charge is 2.15. The van der Waals surface area contributed by atoms with Gasteiger partial charge in [-0.05, 0) is 30.7 Å². The van der Waals surface area contributed by atoms with Crippen LogP contribution in [0.15, 0.2) is 23.1 Å². The molecule has 0 atom stereocenters. The van der Waals surface area contributed by atoms with Gasteiger partial charge in [0.2, 0.25) is 10.0 Å². The highest BCUT2D eigenvalue weighted by molar-refractivity contribution is 7.89. The van der Waals surface area contributed by atoms with Crippen LogP contribution in [0.1, 0.15) is 11.1 Å². The number of hydrogen-bond donors (Lipinski definition) is 1. The number of aryl methyl sites for hydroxylation is 1. The molecular weight excluding hydrogens is 226 g/mol. The summed E-state index contributed by atoms with van der Waals surface area (Å²) in [5.41, 5.74) is 0.876. The summed E-state index contributed by atoms with van der Waals surface area (Å²) in [5.74, 6) is 0. The SMILES string of the molecule is Cc1cc(C#N)ccc1S(=O)(=O)NCC#N. The predicted octanol–water partition coefficient (Wildman–Crippen LogP) is 0.669. The van der Waals surface area contributed by atoms with Gasteiger partial charge in [-0.25, -0.2) is 8.42 Å². The van der Waals surface area contributed by atoms with E-state index >= 15 is 0 Å². The Bertz CT molecular complexity index is 579. The van der Waals surface area contributed by atoms with Crippen molar-refractivity contribution in [1.29, 1.82) is 10.5 Å². The van der Waals surface area contributed by atoms with Crippen molar-refractivity contribution in [2.75, 3.05) is 6.54 Å². The van der Waals surface area contributed by atoms with Crippen LogP contribution in [0.3, 0.4) is 0 Å². The smallest absolute Gasteiger partial charge is 0.207 e. The Labute approximate surface area is 94.0 Å². The molecule has 1 aromatic carbocycles. The van der Waals surface area contributed by atoms with Crippen molar-refractivity contribution in [2.45, 2.75) is 11.8 Å². The van der Waals surface area contributed by atoms with Gasteiger partial charge in [0.15, 0.2) is 0 Å². The molecular formula is C10H9N3O2S. The van der Waals surface area contributed by atoms with Crippen molar-refractivity contribution in [3.8, 4) is 12.1 Å². The van der Waals surface area contributed by atoms with Crippen molar-refractivity contribution in [1.82, 2.24) is 4.72 Å². The molecule has 82 valence electrons. The van der Waals surface area contributed by atoms with E-state index in [2.05, 4.69) is 4.72 Å². The highest BCUT2D eigenvalue weighted by atomic mass is 32.2. The van der Waals surface area contributed by atoms with E-state index in [0.717, 1.165) is 0 Å². The van der Waals surface area contributed by atoms with E-state index in [-0.39, 0.29) is 11.4 Å². The van der Waals surface area contributed by atoms with Crippen LogP contribution < -0.4 is 4.72 Å². The first kappa shape index (κ1) is 12.2. The van der Waals surface area contributed by atoms with Crippen LogP contribution in [-0.4, -0.2) is 15.0 Å². The largest absolute Gasteiger partial charge is 0.241 e. The van der Waals surface area contributed by atoms with Crippen LogP contribution in [0.4, 0.5) is 0 Å². The minimum Gasteiger partial charge on any atom is -0.207 e. The Morgan fingerprint density at radius 3 is 2.56 bits per heavy atom. The molecule has 0 aliphatic rings. The zero-order valence-corrected chi connectivity index (χ0v) is 9.37. The Balaban J connectivity index is 3.16. The number of nitriles is 2. The lowest BCUT2D eigenvalue weighted by Crippen LogP contribution is -2.24. The fraction of sp³-hybridized carbons (Fsp3) is 0.200. The number of nitrogens with one attached hydrogen (secondary N) is 1. The number of sulfonamides is 1. The van der Waals surface area contributed by atoms with Gasteiger partial charge in [-0.3, -0.25) is 0 Å². The number of hydrogen-bond acceptors (Lipinski definition) is 4. The summed E-state index contributed by atoms with van der Waals surface area (Å²) in [4.78, 5) is 0.0850. The van der Waals surface area contributed by atoms with Crippen molar-refractivity contribution in [3.63, 3.8) is 0 Å². The molecule has 6 heteroatoms. The fourth-order valence-electron chi connectivity index (χ4n) is 1.23. The second-order valence-corrected chi connectivity index (χ2v) is 4.81. The van der Waals surface area contributed by atoms with Gasteiger partial charge < -0.3 is 0 Å². The molecule has 0 unspecified atom stereocenters. The van der Waals surface area contributed by atoms with Gasteiger partial charge in [-0.2, -0.15) is 15.2 Å². The lowest BCUT2D eigenvalue weighted by Gasteiger charge is -2.06. The molecule has 0 saturated carbocycles. The summed E-state index contributed by atoms with van der Waals surface area (Å²) < 4.78 is 25.5. The van der Waals surface area contributed by atoms with Gasteiger partial charge >= 0.3 is 0 Å². The van der Waals surface area contributed by atoms with E-state index in [1.807, 2.05) is 6.07 Å². The van der Waals surface area contributed by atoms with Gasteiger partial charge in [0.1, 0.15) is 0 Å². The molecule has 0 aromatic heterocycles. The maximum absolute atomic E-state index is 11.7. The summed E-state index contributed by atoms with van der Waals surface area (Å²) >= 11 is 0. The lowest BCUT2D eigenvalue weighted by atomic mass is 10.2. The molecule has 16 heavy (non-hydrogen) atoms. The van der Waals surface area contributed by atoms with Crippen molar-refractivity contribution in [3.05, 3.63) is 29.3 Å². The first-order valence-electron chi connectivity index (χ1n) is 4.38. The second kappa shape index (κ2) is 4.75. The van der Waals surface area contributed by atoms with Crippen molar-refractivity contribution in [2.24, 2.45) is 0 Å². The first-order chi connectivity index (χ1) is 7.51. The molecule has 0 bridgehead atoms. The molecule has 1 aromatic rings. The second-order valence-electron chi connectivity index (χ2n) is 3.07. The Morgan fingerprint density at radius 1 is 1.38 bits per heavy atom. The van der Waals surface area contributed by atoms with Crippen LogP contribution >= 0.6 is 0 Å². The Hall–Kier alpha value is -1.89. The van der Waals surface area contributed by atoms with E-state index in [9.17, 15) is 8.42 Å². The van der Waals surface area contributed by atoms with E-state index in [0.29, 0.717) is 11.1 Å². The monoisotopic (exact) mass is 235 g/mol. The third-order valence-corrected chi connectivity index (χ3v) is 3.50. The average Bonchev–Trinajstić information content (AvgIpc) is 2.25. The van der Waals surface area contributed by atoms with Gasteiger partial charge in [-0.15, -0.1) is 0 Å². The molecule has 0 saturated heterocycles. The van der Waals surface area contributed by atoms with Crippen LogP contribution in [0, 0.1) is 29.6 Å². The maximum Gasteiger partial charge on any atom is 0.241 e. The first-order valence-corrected chi connectivity index (χ1v) is 5.87. The zero-order chi connectivity index (χ0) is 12.2. The molecule has 0 amide bonds. The van der Waals surface area contributed by atoms with Gasteiger partial charge in [-0.1, -0.05) is 0 Å². The van der Waals surface area contributed by atoms with Crippen LogP contribution in [0.2, 0.25) is 0 Å². The zero-order valence-electron chi connectivity index (χ0n) is 8.56. The van der Waals surface area contributed by atoms with E-state index in [4.69, 9.17) is 10.5 Å². The van der Waals surface area contributed by atoms with Gasteiger partial charge in [0, 0.05) is 0 Å². The quantitative estimate of drug-likeness (QED) is 0.779.